The van der Waals surface area contributed by atoms with Crippen molar-refractivity contribution in [2.24, 2.45) is 3.21 Å². The molecule has 2 aromatic rings. The summed E-state index contributed by atoms with van der Waals surface area (Å²) in [5, 5.41) is -0.0522. The van der Waals surface area contributed by atoms with Gasteiger partial charge in [-0.1, -0.05) is 0 Å². The molecule has 0 aliphatic carbocycles. The van der Waals surface area contributed by atoms with Crippen molar-refractivity contribution >= 4 is 55.5 Å². The first-order valence-corrected chi connectivity index (χ1v) is 12.2. The van der Waals surface area contributed by atoms with Crippen LogP contribution in [0, 0.1) is 9.39 Å². The molecule has 0 unspecified atom stereocenters. The summed E-state index contributed by atoms with van der Waals surface area (Å²) in [4.78, 5) is 21.8. The number of carbonyl (C=O) groups is 1. The molecule has 0 saturated heterocycles. The van der Waals surface area contributed by atoms with Crippen LogP contribution in [0.4, 0.5) is 20.7 Å². The van der Waals surface area contributed by atoms with Gasteiger partial charge in [0.25, 0.3) is 0 Å². The van der Waals surface area contributed by atoms with Crippen molar-refractivity contribution in [3.8, 4) is 0 Å². The van der Waals surface area contributed by atoms with Gasteiger partial charge >= 0.3 is 170 Å². The van der Waals surface area contributed by atoms with E-state index in [1.54, 1.807) is 33.1 Å². The molecule has 27 heavy (non-hydrogen) atoms. The molecule has 144 valence electrons. The summed E-state index contributed by atoms with van der Waals surface area (Å²) in [6.45, 7) is 7.26. The number of alkyl halides is 1. The van der Waals surface area contributed by atoms with Crippen LogP contribution in [0.5, 0.6) is 0 Å². The van der Waals surface area contributed by atoms with Gasteiger partial charge in [0.2, 0.25) is 0 Å². The van der Waals surface area contributed by atoms with Gasteiger partial charge in [0.05, 0.1) is 0 Å². The molecule has 0 bridgehead atoms. The third-order valence-corrected chi connectivity index (χ3v) is 8.37. The van der Waals surface area contributed by atoms with Gasteiger partial charge in [0, 0.05) is 0 Å². The zero-order valence-corrected chi connectivity index (χ0v) is 18.2. The molecule has 0 radical (unpaired) electrons. The summed E-state index contributed by atoms with van der Waals surface area (Å²) in [5.41, 5.74) is 0.104. The molecular weight excluding hydrogens is 486 g/mol. The third-order valence-electron chi connectivity index (χ3n) is 3.52. The molecule has 0 atom stereocenters. The average molecular weight is 505 g/mol. The molecule has 9 heteroatoms. The molecule has 6 nitrogen and oxygen atoms in total. The minimum atomic E-state index is -1.72. The van der Waals surface area contributed by atoms with E-state index in [0.29, 0.717) is 0 Å². The van der Waals surface area contributed by atoms with Gasteiger partial charge in [-0.05, 0) is 0 Å². The summed E-state index contributed by atoms with van der Waals surface area (Å²) in [6.07, 6.45) is 2.40. The Labute approximate surface area is 169 Å². The fourth-order valence-electron chi connectivity index (χ4n) is 2.46. The number of amides is 1. The van der Waals surface area contributed by atoms with Crippen molar-refractivity contribution in [2.75, 3.05) is 9.33 Å². The molecular formula is C18H19ClFIN4O2. The van der Waals surface area contributed by atoms with E-state index in [9.17, 15) is 4.79 Å². The number of hydrogen-bond donors (Lipinski definition) is 0. The Balaban J connectivity index is 2.11. The van der Waals surface area contributed by atoms with Crippen molar-refractivity contribution in [3.63, 3.8) is 0 Å². The van der Waals surface area contributed by atoms with Crippen LogP contribution >= 0.6 is 31.7 Å². The predicted molar refractivity (Wildman–Crippen MR) is 113 cm³/mol. The molecule has 0 saturated carbocycles. The zero-order chi connectivity index (χ0) is 19.8. The first kappa shape index (κ1) is 19.9. The van der Waals surface area contributed by atoms with Crippen molar-refractivity contribution < 1.29 is 13.9 Å². The Morgan fingerprint density at radius 2 is 2.11 bits per heavy atom. The van der Waals surface area contributed by atoms with Gasteiger partial charge in [-0.2, -0.15) is 0 Å². The number of hydrogen-bond acceptors (Lipinski definition) is 5. The quantitative estimate of drug-likeness (QED) is 0.319. The Bertz CT molecular complexity index is 917. The summed E-state index contributed by atoms with van der Waals surface area (Å²) < 4.78 is 26.9. The second kappa shape index (κ2) is 7.67. The molecule has 0 spiro atoms. The van der Waals surface area contributed by atoms with E-state index in [1.165, 1.54) is 18.3 Å². The molecule has 1 amide bonds. The first-order valence-electron chi connectivity index (χ1n) is 8.25. The van der Waals surface area contributed by atoms with Crippen LogP contribution in [0.25, 0.3) is 0 Å². The van der Waals surface area contributed by atoms with Crippen LogP contribution in [0.3, 0.4) is 0 Å². The first-order chi connectivity index (χ1) is 12.7. The van der Waals surface area contributed by atoms with Gasteiger partial charge < -0.3 is 0 Å². The number of rotatable bonds is 3. The maximum absolute atomic E-state index is 15.0. The van der Waals surface area contributed by atoms with Crippen LogP contribution in [-0.2, 0) is 4.74 Å². The number of halogens is 3. The van der Waals surface area contributed by atoms with Gasteiger partial charge in [0.15, 0.2) is 0 Å². The second-order valence-electron chi connectivity index (χ2n) is 6.66. The maximum atomic E-state index is 15.0. The van der Waals surface area contributed by atoms with E-state index >= 15 is 4.39 Å². The van der Waals surface area contributed by atoms with Crippen molar-refractivity contribution in [1.29, 1.82) is 0 Å². The number of aromatic nitrogens is 2. The number of ether oxygens (including phenoxy) is 1. The molecule has 3 rings (SSSR count). The van der Waals surface area contributed by atoms with Crippen LogP contribution in [-0.4, -0.2) is 32.3 Å². The Morgan fingerprint density at radius 3 is 2.74 bits per heavy atom. The summed E-state index contributed by atoms with van der Waals surface area (Å²) in [6, 6.07) is 4.56. The number of nitrogens with zero attached hydrogens (tertiary/aromatic N) is 4. The molecule has 1 aromatic carbocycles. The standard InChI is InChI=1S/C18H19ClFIN4O2/c1-5-21-13-9-12(20)14(8-11(13)10-23-21)25(17(26)27-18(2,3)4)15-6-7-22-16(19)24-15/h6-10H,5H2,1-4H3. The van der Waals surface area contributed by atoms with E-state index < -0.39 is 37.6 Å². The minimum absolute atomic E-state index is 0.0399. The second-order valence-corrected chi connectivity index (χ2v) is 12.2. The monoisotopic (exact) mass is 504 g/mol. The Kier molecular flexibility index (Phi) is 5.66. The number of benzene rings is 1. The predicted octanol–water partition coefficient (Wildman–Crippen LogP) is 5.39. The third kappa shape index (κ3) is 4.37. The normalized spacial score (nSPS) is 14.2. The van der Waals surface area contributed by atoms with Gasteiger partial charge in [0.1, 0.15) is 0 Å². The molecule has 0 N–H and O–H groups in total. The molecule has 1 aliphatic heterocycles. The Hall–Kier alpha value is -1.81. The summed E-state index contributed by atoms with van der Waals surface area (Å²) in [7, 11) is 0. The van der Waals surface area contributed by atoms with Crippen molar-refractivity contribution in [3.05, 3.63) is 44.6 Å². The number of anilines is 2. The van der Waals surface area contributed by atoms with Crippen molar-refractivity contribution in [1.82, 2.24) is 9.97 Å². The van der Waals surface area contributed by atoms with Crippen molar-refractivity contribution in [2.45, 2.75) is 33.3 Å². The summed E-state index contributed by atoms with van der Waals surface area (Å²) >= 11 is 4.16. The van der Waals surface area contributed by atoms with Crippen LogP contribution in [0.15, 0.2) is 27.6 Å². The summed E-state index contributed by atoms with van der Waals surface area (Å²) in [5.74, 6) is -0.403. The van der Waals surface area contributed by atoms with E-state index in [0.717, 1.165) is 18.5 Å². The van der Waals surface area contributed by atoms with Gasteiger partial charge in [-0.15, -0.1) is 0 Å². The molecule has 2 heterocycles. The fraction of sp³-hybridized carbons (Fsp3) is 0.333. The SMILES string of the molecule is CCI1N=Cc2cc(N(C(=O)OC(C)(C)C)c3ccnc(Cl)n3)c(F)cc21. The fourth-order valence-corrected chi connectivity index (χ4v) is 6.41. The topological polar surface area (TPSA) is 67.7 Å². The Morgan fingerprint density at radius 1 is 1.37 bits per heavy atom. The van der Waals surface area contributed by atoms with Crippen LogP contribution in [0.2, 0.25) is 5.28 Å². The van der Waals surface area contributed by atoms with E-state index in [-0.39, 0.29) is 16.8 Å². The van der Waals surface area contributed by atoms with E-state index in [1.807, 2.05) is 0 Å². The number of fused-ring (bicyclic) bond motifs is 1. The van der Waals surface area contributed by atoms with Crippen LogP contribution in [0.1, 0.15) is 33.3 Å². The molecule has 0 fully saturated rings. The molecule has 1 aliphatic rings. The van der Waals surface area contributed by atoms with E-state index in [4.69, 9.17) is 16.3 Å². The van der Waals surface area contributed by atoms with Crippen LogP contribution < -0.4 is 4.90 Å². The zero-order valence-electron chi connectivity index (χ0n) is 15.3. The van der Waals surface area contributed by atoms with Gasteiger partial charge in [-0.25, -0.2) is 0 Å². The average Bonchev–Trinajstić information content (AvgIpc) is 2.95. The number of carbonyl (C=O) groups excluding carboxylic acids is 1. The van der Waals surface area contributed by atoms with E-state index in [2.05, 4.69) is 20.1 Å². The van der Waals surface area contributed by atoms with Gasteiger partial charge in [-0.3, -0.25) is 0 Å². The molecule has 1 aromatic heterocycles.